The summed E-state index contributed by atoms with van der Waals surface area (Å²) in [6, 6.07) is 13.5. The number of rotatable bonds is 7. The number of aryl methyl sites for hydroxylation is 2. The summed E-state index contributed by atoms with van der Waals surface area (Å²) in [5.41, 5.74) is 4.54. The fourth-order valence-corrected chi connectivity index (χ4v) is 6.23. The van der Waals surface area contributed by atoms with Crippen LogP contribution in [0.2, 0.25) is 0 Å². The Morgan fingerprint density at radius 3 is 2.50 bits per heavy atom. The lowest BCUT2D eigenvalue weighted by Gasteiger charge is -2.31. The maximum Gasteiger partial charge on any atom is 0.243 e. The van der Waals surface area contributed by atoms with Crippen LogP contribution in [-0.4, -0.2) is 38.8 Å². The number of piperidine rings is 1. The monoisotopic (exact) mass is 456 g/mol. The lowest BCUT2D eigenvalue weighted by Crippen LogP contribution is -2.42. The number of methoxy groups -OCH3 is 1. The summed E-state index contributed by atoms with van der Waals surface area (Å²) in [6.45, 7) is 1.75. The van der Waals surface area contributed by atoms with Gasteiger partial charge in [-0.25, -0.2) is 8.42 Å². The van der Waals surface area contributed by atoms with E-state index in [9.17, 15) is 13.2 Å². The number of hydrogen-bond donors (Lipinski definition) is 1. The first-order chi connectivity index (χ1) is 15.5. The Hall–Kier alpha value is -2.22. The molecule has 0 spiro atoms. The van der Waals surface area contributed by atoms with E-state index < -0.39 is 10.0 Å². The molecule has 1 amide bonds. The Bertz CT molecular complexity index is 1060. The highest BCUT2D eigenvalue weighted by molar-refractivity contribution is 7.89. The van der Waals surface area contributed by atoms with E-state index in [-0.39, 0.29) is 11.8 Å². The van der Waals surface area contributed by atoms with Crippen molar-refractivity contribution in [2.75, 3.05) is 20.2 Å². The molecule has 0 radical (unpaired) electrons. The van der Waals surface area contributed by atoms with Gasteiger partial charge in [-0.05, 0) is 72.9 Å². The minimum absolute atomic E-state index is 0.00651. The van der Waals surface area contributed by atoms with Crippen LogP contribution < -0.4 is 5.32 Å². The molecule has 0 bridgehead atoms. The summed E-state index contributed by atoms with van der Waals surface area (Å²) < 4.78 is 33.0. The number of nitrogens with one attached hydrogen (secondary N) is 1. The molecule has 1 aliphatic heterocycles. The van der Waals surface area contributed by atoms with Crippen LogP contribution in [0.3, 0.4) is 0 Å². The molecule has 0 saturated carbocycles. The van der Waals surface area contributed by atoms with Gasteiger partial charge in [0.2, 0.25) is 15.9 Å². The minimum Gasteiger partial charge on any atom is -0.380 e. The first-order valence-electron chi connectivity index (χ1n) is 11.4. The smallest absolute Gasteiger partial charge is 0.243 e. The normalized spacial score (nSPS) is 17.7. The predicted molar refractivity (Wildman–Crippen MR) is 124 cm³/mol. The molecule has 6 nitrogen and oxygen atoms in total. The van der Waals surface area contributed by atoms with Crippen molar-refractivity contribution in [2.45, 2.75) is 56.6 Å². The Kier molecular flexibility index (Phi) is 7.28. The van der Waals surface area contributed by atoms with Gasteiger partial charge in [-0.1, -0.05) is 30.3 Å². The van der Waals surface area contributed by atoms with E-state index in [0.29, 0.717) is 44.0 Å². The third kappa shape index (κ3) is 5.22. The van der Waals surface area contributed by atoms with Crippen LogP contribution in [0.25, 0.3) is 0 Å². The number of carbonyl (C=O) groups is 1. The molecule has 2 aromatic carbocycles. The molecule has 2 aliphatic rings. The molecule has 0 aromatic heterocycles. The number of nitrogens with zero attached hydrogens (tertiary/aromatic N) is 1. The van der Waals surface area contributed by atoms with E-state index in [2.05, 4.69) is 5.32 Å². The molecule has 1 aliphatic carbocycles. The first-order valence-corrected chi connectivity index (χ1v) is 12.9. The van der Waals surface area contributed by atoms with Crippen molar-refractivity contribution in [3.63, 3.8) is 0 Å². The number of sulfonamides is 1. The highest BCUT2D eigenvalue weighted by Crippen LogP contribution is 2.28. The molecule has 1 heterocycles. The Labute approximate surface area is 191 Å². The summed E-state index contributed by atoms with van der Waals surface area (Å²) in [5, 5.41) is 3.01. The Balaban J connectivity index is 1.32. The molecule has 0 unspecified atom stereocenters. The number of carbonyl (C=O) groups excluding carboxylic acids is 1. The van der Waals surface area contributed by atoms with Crippen LogP contribution >= 0.6 is 0 Å². The summed E-state index contributed by atoms with van der Waals surface area (Å²) in [5.74, 6) is -0.167. The van der Waals surface area contributed by atoms with Gasteiger partial charge in [0.25, 0.3) is 0 Å². The second-order valence-corrected chi connectivity index (χ2v) is 10.7. The lowest BCUT2D eigenvalue weighted by atomic mass is 9.92. The molecule has 1 fully saturated rings. The molecule has 2 aromatic rings. The predicted octanol–water partition coefficient (Wildman–Crippen LogP) is 3.43. The summed E-state index contributed by atoms with van der Waals surface area (Å²) >= 11 is 0. The van der Waals surface area contributed by atoms with E-state index in [4.69, 9.17) is 4.74 Å². The Morgan fingerprint density at radius 1 is 1.03 bits per heavy atom. The van der Waals surface area contributed by atoms with Gasteiger partial charge in [0, 0.05) is 32.7 Å². The molecule has 1 N–H and O–H groups in total. The van der Waals surface area contributed by atoms with Gasteiger partial charge in [0.1, 0.15) is 0 Å². The highest BCUT2D eigenvalue weighted by Gasteiger charge is 2.32. The van der Waals surface area contributed by atoms with Crippen molar-refractivity contribution in [2.24, 2.45) is 5.92 Å². The van der Waals surface area contributed by atoms with E-state index in [0.717, 1.165) is 30.4 Å². The van der Waals surface area contributed by atoms with Gasteiger partial charge < -0.3 is 10.1 Å². The largest absolute Gasteiger partial charge is 0.380 e. The number of amides is 1. The molecule has 32 heavy (non-hydrogen) atoms. The zero-order chi connectivity index (χ0) is 22.6. The van der Waals surface area contributed by atoms with Crippen molar-refractivity contribution in [1.82, 2.24) is 9.62 Å². The second kappa shape index (κ2) is 10.1. The van der Waals surface area contributed by atoms with E-state index in [1.165, 1.54) is 21.9 Å². The zero-order valence-electron chi connectivity index (χ0n) is 18.7. The molecule has 7 heteroatoms. The maximum atomic E-state index is 13.2. The van der Waals surface area contributed by atoms with E-state index in [1.54, 1.807) is 13.2 Å². The number of hydrogen-bond acceptors (Lipinski definition) is 4. The molecule has 172 valence electrons. The van der Waals surface area contributed by atoms with Crippen molar-refractivity contribution in [3.8, 4) is 0 Å². The average molecular weight is 457 g/mol. The van der Waals surface area contributed by atoms with Gasteiger partial charge in [0.05, 0.1) is 11.5 Å². The average Bonchev–Trinajstić information content (AvgIpc) is 2.83. The topological polar surface area (TPSA) is 75.7 Å². The molecule has 0 atom stereocenters. The Morgan fingerprint density at radius 2 is 1.75 bits per heavy atom. The zero-order valence-corrected chi connectivity index (χ0v) is 19.5. The van der Waals surface area contributed by atoms with Crippen LogP contribution in [0.1, 0.15) is 47.9 Å². The molecule has 1 saturated heterocycles. The van der Waals surface area contributed by atoms with Crippen LogP contribution in [0.15, 0.2) is 47.4 Å². The summed E-state index contributed by atoms with van der Waals surface area (Å²) in [4.78, 5) is 13.1. The quantitative estimate of drug-likeness (QED) is 0.693. The SMILES string of the molecule is COCc1cccc(CNC(=O)C2CCN(S(=O)(=O)c3ccc4c(c3)CCCC4)CC2)c1. The van der Waals surface area contributed by atoms with Crippen LogP contribution in [0, 0.1) is 5.92 Å². The van der Waals surface area contributed by atoms with Gasteiger partial charge in [-0.3, -0.25) is 4.79 Å². The van der Waals surface area contributed by atoms with E-state index >= 15 is 0 Å². The fourth-order valence-electron chi connectivity index (χ4n) is 4.71. The van der Waals surface area contributed by atoms with Crippen molar-refractivity contribution in [1.29, 1.82) is 0 Å². The van der Waals surface area contributed by atoms with Gasteiger partial charge in [-0.15, -0.1) is 0 Å². The van der Waals surface area contributed by atoms with Gasteiger partial charge in [-0.2, -0.15) is 4.31 Å². The number of benzene rings is 2. The summed E-state index contributed by atoms with van der Waals surface area (Å²) in [7, 11) is -1.86. The van der Waals surface area contributed by atoms with Crippen LogP contribution in [0.4, 0.5) is 0 Å². The standard InChI is InChI=1S/C25H32N2O4S/c1-31-18-20-6-4-5-19(15-20)17-26-25(28)22-11-13-27(14-12-22)32(29,30)24-10-9-21-7-2-3-8-23(21)16-24/h4-6,9-10,15-16,22H,2-3,7-8,11-14,17-18H2,1H3,(H,26,28). The molecular weight excluding hydrogens is 424 g/mol. The highest BCUT2D eigenvalue weighted by atomic mass is 32.2. The van der Waals surface area contributed by atoms with Gasteiger partial charge >= 0.3 is 0 Å². The third-order valence-electron chi connectivity index (χ3n) is 6.55. The van der Waals surface area contributed by atoms with E-state index in [1.807, 2.05) is 36.4 Å². The number of ether oxygens (including phenoxy) is 1. The fraction of sp³-hybridized carbons (Fsp3) is 0.480. The molecular formula is C25H32N2O4S. The second-order valence-electron chi connectivity index (χ2n) is 8.79. The first kappa shape index (κ1) is 23.0. The molecule has 4 rings (SSSR count). The van der Waals surface area contributed by atoms with Crippen molar-refractivity contribution >= 4 is 15.9 Å². The third-order valence-corrected chi connectivity index (χ3v) is 8.45. The minimum atomic E-state index is -3.52. The van der Waals surface area contributed by atoms with Gasteiger partial charge in [0.15, 0.2) is 0 Å². The number of fused-ring (bicyclic) bond motifs is 1. The van der Waals surface area contributed by atoms with Crippen LogP contribution in [0.5, 0.6) is 0 Å². The van der Waals surface area contributed by atoms with Crippen molar-refractivity contribution in [3.05, 3.63) is 64.7 Å². The maximum absolute atomic E-state index is 13.2. The van der Waals surface area contributed by atoms with Crippen LogP contribution in [-0.2, 0) is 45.5 Å². The van der Waals surface area contributed by atoms with Crippen molar-refractivity contribution < 1.29 is 17.9 Å². The summed E-state index contributed by atoms with van der Waals surface area (Å²) in [6.07, 6.45) is 5.36. The lowest BCUT2D eigenvalue weighted by molar-refractivity contribution is -0.126.